The summed E-state index contributed by atoms with van der Waals surface area (Å²) >= 11 is 0. The number of aromatic nitrogens is 2. The van der Waals surface area contributed by atoms with E-state index in [0.717, 1.165) is 55.2 Å². The van der Waals surface area contributed by atoms with Gasteiger partial charge in [-0.3, -0.25) is 9.69 Å². The van der Waals surface area contributed by atoms with Gasteiger partial charge in [-0.1, -0.05) is 6.07 Å². The number of hydrogen-bond acceptors (Lipinski definition) is 5. The highest BCUT2D eigenvalue weighted by Gasteiger charge is 2.18. The highest BCUT2D eigenvalue weighted by Crippen LogP contribution is 2.31. The van der Waals surface area contributed by atoms with E-state index < -0.39 is 0 Å². The Balaban J connectivity index is 1.48. The third kappa shape index (κ3) is 2.94. The van der Waals surface area contributed by atoms with Crippen LogP contribution < -0.4 is 15.0 Å². The van der Waals surface area contributed by atoms with E-state index in [1.807, 2.05) is 6.07 Å². The second-order valence-corrected chi connectivity index (χ2v) is 5.91. The molecular weight excluding hydrogens is 294 g/mol. The molecular formula is C17H19N3O3. The van der Waals surface area contributed by atoms with Crippen LogP contribution in [0.4, 0.5) is 0 Å². The number of H-pyrrole nitrogens is 1. The van der Waals surface area contributed by atoms with Crippen molar-refractivity contribution in [2.45, 2.75) is 19.4 Å². The van der Waals surface area contributed by atoms with Crippen LogP contribution in [-0.4, -0.2) is 41.2 Å². The van der Waals surface area contributed by atoms with Gasteiger partial charge in [0.15, 0.2) is 11.5 Å². The Hall–Kier alpha value is -2.34. The Morgan fingerprint density at radius 2 is 1.96 bits per heavy atom. The second-order valence-electron chi connectivity index (χ2n) is 5.91. The van der Waals surface area contributed by atoms with Gasteiger partial charge in [-0.2, -0.15) is 0 Å². The molecule has 0 spiro atoms. The summed E-state index contributed by atoms with van der Waals surface area (Å²) in [6.07, 6.45) is 3.05. The minimum absolute atomic E-state index is 0.00354. The maximum atomic E-state index is 11.9. The molecule has 1 aromatic carbocycles. The van der Waals surface area contributed by atoms with Crippen molar-refractivity contribution in [2.75, 3.05) is 26.3 Å². The molecule has 0 amide bonds. The zero-order chi connectivity index (χ0) is 15.6. The van der Waals surface area contributed by atoms with Crippen molar-refractivity contribution in [1.82, 2.24) is 14.9 Å². The molecule has 2 aromatic rings. The highest BCUT2D eigenvalue weighted by atomic mass is 16.6. The molecule has 6 nitrogen and oxygen atoms in total. The van der Waals surface area contributed by atoms with Crippen LogP contribution in [0, 0.1) is 0 Å². The van der Waals surface area contributed by atoms with Gasteiger partial charge < -0.3 is 14.5 Å². The first kappa shape index (κ1) is 14.3. The molecule has 0 bridgehead atoms. The Morgan fingerprint density at radius 3 is 2.87 bits per heavy atom. The summed E-state index contributed by atoms with van der Waals surface area (Å²) in [5.41, 5.74) is 2.95. The molecule has 0 radical (unpaired) electrons. The Morgan fingerprint density at radius 1 is 1.13 bits per heavy atom. The quantitative estimate of drug-likeness (QED) is 0.900. The maximum Gasteiger partial charge on any atom is 0.254 e. The number of benzene rings is 1. The van der Waals surface area contributed by atoms with Crippen molar-refractivity contribution in [3.05, 3.63) is 51.7 Å². The summed E-state index contributed by atoms with van der Waals surface area (Å²) in [5, 5.41) is 0. The SMILES string of the molecule is O=c1[nH]cnc2c1CCN(Cc1ccc3c(c1)OCCO3)CC2. The number of aromatic amines is 1. The number of ether oxygens (including phenoxy) is 2. The molecule has 2 aliphatic rings. The fourth-order valence-electron chi connectivity index (χ4n) is 3.19. The number of hydrogen-bond donors (Lipinski definition) is 1. The lowest BCUT2D eigenvalue weighted by Crippen LogP contribution is -2.26. The first-order chi connectivity index (χ1) is 11.3. The molecule has 1 N–H and O–H groups in total. The predicted molar refractivity (Wildman–Crippen MR) is 85.0 cm³/mol. The van der Waals surface area contributed by atoms with Gasteiger partial charge in [-0.05, 0) is 24.1 Å². The average molecular weight is 313 g/mol. The molecule has 0 aliphatic carbocycles. The van der Waals surface area contributed by atoms with Gasteiger partial charge in [0.25, 0.3) is 5.56 Å². The van der Waals surface area contributed by atoms with E-state index in [-0.39, 0.29) is 5.56 Å². The van der Waals surface area contributed by atoms with E-state index in [4.69, 9.17) is 9.47 Å². The normalized spacial score (nSPS) is 17.4. The summed E-state index contributed by atoms with van der Waals surface area (Å²) in [4.78, 5) is 21.2. The van der Waals surface area contributed by atoms with Crippen LogP contribution in [0.1, 0.15) is 16.8 Å². The summed E-state index contributed by atoms with van der Waals surface area (Å²) in [5.74, 6) is 1.64. The third-order valence-electron chi connectivity index (χ3n) is 4.39. The van der Waals surface area contributed by atoms with E-state index in [1.165, 1.54) is 11.9 Å². The molecule has 23 heavy (non-hydrogen) atoms. The fourth-order valence-corrected chi connectivity index (χ4v) is 3.19. The number of fused-ring (bicyclic) bond motifs is 2. The highest BCUT2D eigenvalue weighted by molar-refractivity contribution is 5.43. The van der Waals surface area contributed by atoms with Crippen molar-refractivity contribution in [3.63, 3.8) is 0 Å². The topological polar surface area (TPSA) is 67.5 Å². The standard InChI is InChI=1S/C17H19N3O3/c21-17-13-3-5-20(6-4-14(13)18-11-19-17)10-12-1-2-15-16(9-12)23-8-7-22-15/h1-2,9,11H,3-8,10H2,(H,18,19,21). The van der Waals surface area contributed by atoms with E-state index in [9.17, 15) is 4.79 Å². The predicted octanol–water partition coefficient (Wildman–Crippen LogP) is 1.14. The largest absolute Gasteiger partial charge is 0.486 e. The molecule has 3 heterocycles. The molecule has 0 fully saturated rings. The molecule has 1 aromatic heterocycles. The first-order valence-corrected chi connectivity index (χ1v) is 7.96. The van der Waals surface area contributed by atoms with E-state index in [1.54, 1.807) is 0 Å². The van der Waals surface area contributed by atoms with Gasteiger partial charge in [0.05, 0.1) is 12.0 Å². The molecule has 0 unspecified atom stereocenters. The van der Waals surface area contributed by atoms with Gasteiger partial charge in [0.1, 0.15) is 13.2 Å². The van der Waals surface area contributed by atoms with E-state index in [0.29, 0.717) is 13.2 Å². The molecule has 6 heteroatoms. The molecule has 4 rings (SSSR count). The minimum Gasteiger partial charge on any atom is -0.486 e. The zero-order valence-electron chi connectivity index (χ0n) is 12.9. The fraction of sp³-hybridized carbons (Fsp3) is 0.412. The van der Waals surface area contributed by atoms with E-state index >= 15 is 0 Å². The van der Waals surface area contributed by atoms with Crippen LogP contribution in [-0.2, 0) is 19.4 Å². The van der Waals surface area contributed by atoms with Crippen LogP contribution >= 0.6 is 0 Å². The van der Waals surface area contributed by atoms with Crippen molar-refractivity contribution in [2.24, 2.45) is 0 Å². The van der Waals surface area contributed by atoms with Crippen molar-refractivity contribution in [3.8, 4) is 11.5 Å². The number of rotatable bonds is 2. The van der Waals surface area contributed by atoms with Crippen molar-refractivity contribution < 1.29 is 9.47 Å². The Bertz CT molecular complexity index is 772. The Kier molecular flexibility index (Phi) is 3.75. The summed E-state index contributed by atoms with van der Waals surface area (Å²) < 4.78 is 11.2. The lowest BCUT2D eigenvalue weighted by Gasteiger charge is -2.22. The van der Waals surface area contributed by atoms with Crippen LogP contribution in [0.25, 0.3) is 0 Å². The average Bonchev–Trinajstić information content (AvgIpc) is 2.78. The molecule has 0 saturated heterocycles. The lowest BCUT2D eigenvalue weighted by atomic mass is 10.1. The smallest absolute Gasteiger partial charge is 0.254 e. The summed E-state index contributed by atoms with van der Waals surface area (Å²) in [6, 6.07) is 6.11. The van der Waals surface area contributed by atoms with Crippen LogP contribution in [0.2, 0.25) is 0 Å². The zero-order valence-corrected chi connectivity index (χ0v) is 12.9. The van der Waals surface area contributed by atoms with Gasteiger partial charge in [-0.15, -0.1) is 0 Å². The maximum absolute atomic E-state index is 11.9. The molecule has 120 valence electrons. The van der Waals surface area contributed by atoms with Crippen molar-refractivity contribution in [1.29, 1.82) is 0 Å². The van der Waals surface area contributed by atoms with Gasteiger partial charge in [-0.25, -0.2) is 4.98 Å². The third-order valence-corrected chi connectivity index (χ3v) is 4.39. The van der Waals surface area contributed by atoms with Gasteiger partial charge >= 0.3 is 0 Å². The van der Waals surface area contributed by atoms with E-state index in [2.05, 4.69) is 27.0 Å². The monoisotopic (exact) mass is 313 g/mol. The molecule has 0 saturated carbocycles. The van der Waals surface area contributed by atoms with Crippen LogP contribution in [0.15, 0.2) is 29.3 Å². The van der Waals surface area contributed by atoms with Gasteiger partial charge in [0.2, 0.25) is 0 Å². The minimum atomic E-state index is -0.00354. The summed E-state index contributed by atoms with van der Waals surface area (Å²) in [7, 11) is 0. The van der Waals surface area contributed by atoms with Crippen LogP contribution in [0.3, 0.4) is 0 Å². The summed E-state index contributed by atoms with van der Waals surface area (Å²) in [6.45, 7) is 3.80. The van der Waals surface area contributed by atoms with Gasteiger partial charge in [0, 0.05) is 31.6 Å². The first-order valence-electron chi connectivity index (χ1n) is 7.96. The number of nitrogens with one attached hydrogen (secondary N) is 1. The second kappa shape index (κ2) is 6.04. The van der Waals surface area contributed by atoms with Crippen molar-refractivity contribution >= 4 is 0 Å². The lowest BCUT2D eigenvalue weighted by molar-refractivity contribution is 0.171. The molecule has 2 aliphatic heterocycles. The number of nitrogens with zero attached hydrogens (tertiary/aromatic N) is 2. The van der Waals surface area contributed by atoms with Crippen LogP contribution in [0.5, 0.6) is 11.5 Å². The Labute approximate surface area is 134 Å². The molecule has 0 atom stereocenters.